The summed E-state index contributed by atoms with van der Waals surface area (Å²) in [5, 5.41) is 3.14. The smallest absolute Gasteiger partial charge is 0.252 e. The summed E-state index contributed by atoms with van der Waals surface area (Å²) in [6.07, 6.45) is 5.40. The van der Waals surface area contributed by atoms with Crippen molar-refractivity contribution in [2.75, 3.05) is 39.3 Å². The fraction of sp³-hybridized carbons (Fsp3) is 0.650. The fourth-order valence-electron chi connectivity index (χ4n) is 3.82. The molecule has 0 radical (unpaired) electrons. The Kier molecular flexibility index (Phi) is 7.36. The van der Waals surface area contributed by atoms with Gasteiger partial charge < -0.3 is 10.2 Å². The Hall–Kier alpha value is -1.15. The lowest BCUT2D eigenvalue weighted by Crippen LogP contribution is -2.38. The van der Waals surface area contributed by atoms with Crippen LogP contribution in [-0.2, 0) is 10.0 Å². The SMILES string of the molecule is CC1CCN(S(=O)(=O)c2ccc(Cl)c(C(=O)NCCN3CCCCC3)c2)CC1. The van der Waals surface area contributed by atoms with Gasteiger partial charge in [-0.05, 0) is 62.9 Å². The molecule has 1 N–H and O–H groups in total. The Morgan fingerprint density at radius 2 is 1.82 bits per heavy atom. The molecule has 1 aromatic carbocycles. The molecule has 1 aromatic rings. The molecule has 0 bridgehead atoms. The van der Waals surface area contributed by atoms with E-state index in [4.69, 9.17) is 11.6 Å². The lowest BCUT2D eigenvalue weighted by Gasteiger charge is -2.29. The lowest BCUT2D eigenvalue weighted by molar-refractivity contribution is 0.0946. The van der Waals surface area contributed by atoms with Crippen molar-refractivity contribution in [1.29, 1.82) is 0 Å². The molecular weight excluding hydrogens is 398 g/mol. The number of benzene rings is 1. The molecule has 0 atom stereocenters. The number of piperidine rings is 2. The van der Waals surface area contributed by atoms with Crippen molar-refractivity contribution in [2.45, 2.75) is 43.9 Å². The normalized spacial score (nSPS) is 20.2. The predicted octanol–water partition coefficient (Wildman–Crippen LogP) is 2.98. The number of amides is 1. The molecule has 0 unspecified atom stereocenters. The van der Waals surface area contributed by atoms with Gasteiger partial charge in [0.05, 0.1) is 15.5 Å². The number of hydrogen-bond donors (Lipinski definition) is 1. The van der Waals surface area contributed by atoms with E-state index in [9.17, 15) is 13.2 Å². The highest BCUT2D eigenvalue weighted by Gasteiger charge is 2.29. The summed E-state index contributed by atoms with van der Waals surface area (Å²) in [5.74, 6) is 0.212. The van der Waals surface area contributed by atoms with Crippen molar-refractivity contribution in [3.63, 3.8) is 0 Å². The van der Waals surface area contributed by atoms with Gasteiger partial charge in [0.1, 0.15) is 0 Å². The van der Waals surface area contributed by atoms with Crippen LogP contribution >= 0.6 is 11.6 Å². The Morgan fingerprint density at radius 3 is 2.50 bits per heavy atom. The van der Waals surface area contributed by atoms with Crippen molar-refractivity contribution in [2.24, 2.45) is 5.92 Å². The monoisotopic (exact) mass is 427 g/mol. The molecule has 2 aliphatic rings. The standard InChI is InChI=1S/C20H30ClN3O3S/c1-16-7-12-24(13-8-16)28(26,27)17-5-6-19(21)18(15-17)20(25)22-9-14-23-10-3-2-4-11-23/h5-6,15-16H,2-4,7-14H2,1H3,(H,22,25). The second-order valence-electron chi connectivity index (χ2n) is 7.89. The second kappa shape index (κ2) is 9.57. The van der Waals surface area contributed by atoms with Crippen LogP contribution in [0.25, 0.3) is 0 Å². The quantitative estimate of drug-likeness (QED) is 0.757. The number of rotatable bonds is 6. The van der Waals surface area contributed by atoms with Crippen molar-refractivity contribution in [1.82, 2.24) is 14.5 Å². The van der Waals surface area contributed by atoms with Crippen LogP contribution < -0.4 is 5.32 Å². The number of nitrogens with one attached hydrogen (secondary N) is 1. The minimum Gasteiger partial charge on any atom is -0.351 e. The number of hydrogen-bond acceptors (Lipinski definition) is 4. The summed E-state index contributed by atoms with van der Waals surface area (Å²) in [4.78, 5) is 15.1. The van der Waals surface area contributed by atoms with Crippen LogP contribution in [0, 0.1) is 5.92 Å². The Labute approximate surface area is 173 Å². The minimum atomic E-state index is -3.61. The molecule has 0 saturated carbocycles. The lowest BCUT2D eigenvalue weighted by atomic mass is 10.0. The topological polar surface area (TPSA) is 69.7 Å². The van der Waals surface area contributed by atoms with Crippen molar-refractivity contribution < 1.29 is 13.2 Å². The molecule has 0 aliphatic carbocycles. The van der Waals surface area contributed by atoms with E-state index in [1.165, 1.54) is 41.8 Å². The molecule has 28 heavy (non-hydrogen) atoms. The van der Waals surface area contributed by atoms with Gasteiger partial charge >= 0.3 is 0 Å². The fourth-order valence-corrected chi connectivity index (χ4v) is 5.52. The number of nitrogens with zero attached hydrogens (tertiary/aromatic N) is 2. The molecule has 2 heterocycles. The molecule has 156 valence electrons. The van der Waals surface area contributed by atoms with Crippen LogP contribution in [0.15, 0.2) is 23.1 Å². The van der Waals surface area contributed by atoms with Crippen LogP contribution in [0.5, 0.6) is 0 Å². The summed E-state index contributed by atoms with van der Waals surface area (Å²) in [5.41, 5.74) is 0.215. The maximum atomic E-state index is 12.9. The van der Waals surface area contributed by atoms with Crippen LogP contribution in [0.3, 0.4) is 0 Å². The Balaban J connectivity index is 1.65. The first kappa shape index (κ1) is 21.6. The molecule has 8 heteroatoms. The van der Waals surface area contributed by atoms with Crippen molar-refractivity contribution in [3.05, 3.63) is 28.8 Å². The van der Waals surface area contributed by atoms with E-state index in [-0.39, 0.29) is 21.4 Å². The number of carbonyl (C=O) groups excluding carboxylic acids is 1. The van der Waals surface area contributed by atoms with Crippen molar-refractivity contribution >= 4 is 27.5 Å². The Bertz CT molecular complexity index is 786. The first-order valence-corrected chi connectivity index (χ1v) is 12.0. The summed E-state index contributed by atoms with van der Waals surface area (Å²) in [7, 11) is -3.61. The molecule has 0 spiro atoms. The molecule has 1 amide bonds. The van der Waals surface area contributed by atoms with Crippen LogP contribution in [0.4, 0.5) is 0 Å². The van der Waals surface area contributed by atoms with Gasteiger partial charge in [0.25, 0.3) is 5.91 Å². The molecule has 2 fully saturated rings. The number of sulfonamides is 1. The van der Waals surface area contributed by atoms with E-state index in [0.29, 0.717) is 25.6 Å². The first-order chi connectivity index (χ1) is 13.4. The summed E-state index contributed by atoms with van der Waals surface area (Å²) < 4.78 is 27.4. The molecule has 2 aliphatic heterocycles. The van der Waals surface area contributed by atoms with Crippen LogP contribution in [0.2, 0.25) is 5.02 Å². The van der Waals surface area contributed by atoms with Gasteiger partial charge in [-0.3, -0.25) is 4.79 Å². The number of likely N-dealkylation sites (tertiary alicyclic amines) is 1. The highest BCUT2D eigenvalue weighted by Crippen LogP contribution is 2.26. The van der Waals surface area contributed by atoms with Gasteiger partial charge in [0.15, 0.2) is 0 Å². The summed E-state index contributed by atoms with van der Waals surface area (Å²) in [6.45, 7) is 6.63. The highest BCUT2D eigenvalue weighted by molar-refractivity contribution is 7.89. The van der Waals surface area contributed by atoms with E-state index in [1.54, 1.807) is 0 Å². The van der Waals surface area contributed by atoms with Crippen LogP contribution in [0.1, 0.15) is 49.4 Å². The van der Waals surface area contributed by atoms with Gasteiger partial charge in [-0.15, -0.1) is 0 Å². The van der Waals surface area contributed by atoms with Crippen LogP contribution in [-0.4, -0.2) is 62.8 Å². The van der Waals surface area contributed by atoms with Crippen molar-refractivity contribution in [3.8, 4) is 0 Å². The zero-order valence-corrected chi connectivity index (χ0v) is 18.1. The maximum absolute atomic E-state index is 12.9. The highest BCUT2D eigenvalue weighted by atomic mass is 35.5. The third-order valence-corrected chi connectivity index (χ3v) is 7.95. The van der Waals surface area contributed by atoms with E-state index < -0.39 is 10.0 Å². The minimum absolute atomic E-state index is 0.132. The molecule has 2 saturated heterocycles. The predicted molar refractivity (Wildman–Crippen MR) is 111 cm³/mol. The van der Waals surface area contributed by atoms with Gasteiger partial charge in [0.2, 0.25) is 10.0 Å². The zero-order valence-electron chi connectivity index (χ0n) is 16.5. The third-order valence-electron chi connectivity index (χ3n) is 5.73. The van der Waals surface area contributed by atoms with E-state index >= 15 is 0 Å². The largest absolute Gasteiger partial charge is 0.351 e. The molecular formula is C20H30ClN3O3S. The average Bonchev–Trinajstić information content (AvgIpc) is 2.69. The van der Waals surface area contributed by atoms with Gasteiger partial charge in [-0.1, -0.05) is 24.9 Å². The average molecular weight is 428 g/mol. The first-order valence-electron chi connectivity index (χ1n) is 10.2. The molecule has 0 aromatic heterocycles. The Morgan fingerprint density at radius 1 is 1.14 bits per heavy atom. The second-order valence-corrected chi connectivity index (χ2v) is 10.2. The third kappa shape index (κ3) is 5.26. The van der Waals surface area contributed by atoms with Gasteiger partial charge in [-0.25, -0.2) is 8.42 Å². The molecule has 3 rings (SSSR count). The zero-order chi connectivity index (χ0) is 20.1. The van der Waals surface area contributed by atoms with E-state index in [0.717, 1.165) is 32.5 Å². The maximum Gasteiger partial charge on any atom is 0.252 e. The molecule has 6 nitrogen and oxygen atoms in total. The number of carbonyl (C=O) groups is 1. The number of halogens is 1. The van der Waals surface area contributed by atoms with E-state index in [2.05, 4.69) is 17.1 Å². The van der Waals surface area contributed by atoms with Gasteiger partial charge in [-0.2, -0.15) is 4.31 Å². The summed E-state index contributed by atoms with van der Waals surface area (Å²) >= 11 is 6.19. The van der Waals surface area contributed by atoms with Gasteiger partial charge in [0, 0.05) is 26.2 Å². The van der Waals surface area contributed by atoms with E-state index in [1.807, 2.05) is 0 Å². The summed E-state index contributed by atoms with van der Waals surface area (Å²) in [6, 6.07) is 4.40.